The third kappa shape index (κ3) is 6.44. The first-order valence-corrected chi connectivity index (χ1v) is 7.76. The predicted octanol–water partition coefficient (Wildman–Crippen LogP) is 0.518. The summed E-state index contributed by atoms with van der Waals surface area (Å²) in [6, 6.07) is -0.298. The van der Waals surface area contributed by atoms with Gasteiger partial charge in [0.05, 0.1) is 19.3 Å². The van der Waals surface area contributed by atoms with Crippen molar-refractivity contribution in [2.75, 3.05) is 32.8 Å². The van der Waals surface area contributed by atoms with Crippen molar-refractivity contribution >= 4 is 11.8 Å². The smallest absolute Gasteiger partial charge is 0.237 e. The van der Waals surface area contributed by atoms with Gasteiger partial charge in [-0.2, -0.15) is 0 Å². The lowest BCUT2D eigenvalue weighted by Gasteiger charge is -2.28. The molecule has 2 amide bonds. The molecular weight excluding hydrogens is 270 g/mol. The van der Waals surface area contributed by atoms with Crippen molar-refractivity contribution in [2.24, 2.45) is 0 Å². The van der Waals surface area contributed by atoms with Crippen molar-refractivity contribution in [3.8, 4) is 0 Å². The number of carbonyl (C=O) groups excluding carboxylic acids is 2. The van der Waals surface area contributed by atoms with E-state index in [2.05, 4.69) is 10.6 Å². The van der Waals surface area contributed by atoms with E-state index in [1.54, 1.807) is 0 Å². The van der Waals surface area contributed by atoms with Gasteiger partial charge in [0.2, 0.25) is 11.8 Å². The number of nitrogens with zero attached hydrogens (tertiary/aromatic N) is 1. The van der Waals surface area contributed by atoms with E-state index in [-0.39, 0.29) is 23.4 Å². The summed E-state index contributed by atoms with van der Waals surface area (Å²) in [5, 5.41) is 6.10. The molecule has 1 aliphatic heterocycles. The summed E-state index contributed by atoms with van der Waals surface area (Å²) in [6.07, 6.45) is 1.29. The Balaban J connectivity index is 2.24. The fraction of sp³-hybridized carbons (Fsp3) is 0.867. The van der Waals surface area contributed by atoms with Gasteiger partial charge in [-0.15, -0.1) is 0 Å². The van der Waals surface area contributed by atoms with Crippen LogP contribution in [0.2, 0.25) is 0 Å². The van der Waals surface area contributed by atoms with Crippen LogP contribution in [0.1, 0.15) is 40.5 Å². The number of rotatable bonds is 7. The fourth-order valence-electron chi connectivity index (χ4n) is 1.99. The largest absolute Gasteiger partial charge is 0.378 e. The Bertz CT molecular complexity index is 352. The Hall–Kier alpha value is -1.14. The second-order valence-corrected chi connectivity index (χ2v) is 6.15. The average Bonchev–Trinajstić information content (AvgIpc) is 2.47. The molecule has 0 aliphatic carbocycles. The first-order valence-electron chi connectivity index (χ1n) is 7.76. The lowest BCUT2D eigenvalue weighted by Crippen LogP contribution is -2.51. The fourth-order valence-corrected chi connectivity index (χ4v) is 1.99. The van der Waals surface area contributed by atoms with Gasteiger partial charge in [0.15, 0.2) is 0 Å². The lowest BCUT2D eigenvalue weighted by molar-refractivity contribution is -0.135. The monoisotopic (exact) mass is 299 g/mol. The van der Waals surface area contributed by atoms with Gasteiger partial charge in [-0.05, 0) is 27.2 Å². The minimum absolute atomic E-state index is 0.0272. The van der Waals surface area contributed by atoms with E-state index in [9.17, 15) is 9.59 Å². The van der Waals surface area contributed by atoms with Crippen LogP contribution in [-0.2, 0) is 14.3 Å². The molecule has 1 aliphatic rings. The number of morpholine rings is 1. The van der Waals surface area contributed by atoms with Crippen molar-refractivity contribution in [2.45, 2.75) is 52.1 Å². The van der Waals surface area contributed by atoms with Gasteiger partial charge < -0.3 is 20.3 Å². The zero-order chi connectivity index (χ0) is 15.9. The molecule has 0 radical (unpaired) electrons. The summed E-state index contributed by atoms with van der Waals surface area (Å²) in [4.78, 5) is 25.8. The highest BCUT2D eigenvalue weighted by Crippen LogP contribution is 2.07. The van der Waals surface area contributed by atoms with E-state index >= 15 is 0 Å². The van der Waals surface area contributed by atoms with Crippen LogP contribution in [0.4, 0.5) is 0 Å². The Morgan fingerprint density at radius 3 is 2.48 bits per heavy atom. The molecule has 1 fully saturated rings. The molecule has 21 heavy (non-hydrogen) atoms. The average molecular weight is 299 g/mol. The molecule has 0 aromatic carbocycles. The number of hydrogen-bond acceptors (Lipinski definition) is 4. The van der Waals surface area contributed by atoms with Crippen LogP contribution >= 0.6 is 0 Å². The van der Waals surface area contributed by atoms with Crippen molar-refractivity contribution in [1.29, 1.82) is 0 Å². The molecular formula is C15H29N3O3. The van der Waals surface area contributed by atoms with Gasteiger partial charge in [0.1, 0.15) is 0 Å². The van der Waals surface area contributed by atoms with E-state index in [0.717, 1.165) is 6.42 Å². The standard InChI is InChI=1S/C15H29N3O3/c1-5-15(3,4)17-14(20)12(2)16-7-6-13(19)18-8-10-21-11-9-18/h12,16H,5-11H2,1-4H3,(H,17,20). The summed E-state index contributed by atoms with van der Waals surface area (Å²) in [6.45, 7) is 10.9. The molecule has 1 saturated heterocycles. The lowest BCUT2D eigenvalue weighted by atomic mass is 10.0. The summed E-state index contributed by atoms with van der Waals surface area (Å²) >= 11 is 0. The molecule has 0 aromatic heterocycles. The van der Waals surface area contributed by atoms with Crippen molar-refractivity contribution in [1.82, 2.24) is 15.5 Å². The molecule has 2 N–H and O–H groups in total. The molecule has 122 valence electrons. The summed E-state index contributed by atoms with van der Waals surface area (Å²) in [5.41, 5.74) is -0.198. The van der Waals surface area contributed by atoms with E-state index in [1.807, 2.05) is 32.6 Å². The summed E-state index contributed by atoms with van der Waals surface area (Å²) < 4.78 is 5.22. The number of nitrogens with one attached hydrogen (secondary N) is 2. The van der Waals surface area contributed by atoms with Crippen LogP contribution in [-0.4, -0.2) is 61.1 Å². The summed E-state index contributed by atoms with van der Waals surface area (Å²) in [7, 11) is 0. The summed E-state index contributed by atoms with van der Waals surface area (Å²) in [5.74, 6) is 0.0907. The van der Waals surface area contributed by atoms with Crippen molar-refractivity contribution in [3.63, 3.8) is 0 Å². The van der Waals surface area contributed by atoms with Gasteiger partial charge in [-0.3, -0.25) is 9.59 Å². The molecule has 6 heteroatoms. The van der Waals surface area contributed by atoms with Gasteiger partial charge in [-0.25, -0.2) is 0 Å². The highest BCUT2D eigenvalue weighted by molar-refractivity contribution is 5.82. The van der Waals surface area contributed by atoms with E-state index in [4.69, 9.17) is 4.74 Å². The van der Waals surface area contributed by atoms with Crippen LogP contribution < -0.4 is 10.6 Å². The third-order valence-electron chi connectivity index (χ3n) is 3.89. The maximum absolute atomic E-state index is 12.0. The Labute approximate surface area is 127 Å². The highest BCUT2D eigenvalue weighted by Gasteiger charge is 2.22. The van der Waals surface area contributed by atoms with Gasteiger partial charge in [-0.1, -0.05) is 6.92 Å². The second-order valence-electron chi connectivity index (χ2n) is 6.15. The van der Waals surface area contributed by atoms with Gasteiger partial charge in [0, 0.05) is 31.6 Å². The van der Waals surface area contributed by atoms with Crippen LogP contribution in [0.3, 0.4) is 0 Å². The molecule has 0 aromatic rings. The number of carbonyl (C=O) groups is 2. The second kappa shape index (κ2) is 8.34. The number of hydrogen-bond donors (Lipinski definition) is 2. The quantitative estimate of drug-likeness (QED) is 0.719. The maximum atomic E-state index is 12.0. The molecule has 0 saturated carbocycles. The number of amides is 2. The SMILES string of the molecule is CCC(C)(C)NC(=O)C(C)NCCC(=O)N1CCOCC1. The minimum atomic E-state index is -0.298. The van der Waals surface area contributed by atoms with Crippen LogP contribution in [0.5, 0.6) is 0 Å². The zero-order valence-corrected chi connectivity index (χ0v) is 13.7. The molecule has 1 unspecified atom stereocenters. The van der Waals surface area contributed by atoms with Crippen molar-refractivity contribution < 1.29 is 14.3 Å². The Morgan fingerprint density at radius 1 is 1.29 bits per heavy atom. The van der Waals surface area contributed by atoms with E-state index < -0.39 is 0 Å². The molecule has 6 nitrogen and oxygen atoms in total. The zero-order valence-electron chi connectivity index (χ0n) is 13.7. The molecule has 1 rings (SSSR count). The molecule has 1 heterocycles. The predicted molar refractivity (Wildman–Crippen MR) is 82.0 cm³/mol. The Morgan fingerprint density at radius 2 is 1.90 bits per heavy atom. The van der Waals surface area contributed by atoms with Gasteiger partial charge >= 0.3 is 0 Å². The van der Waals surface area contributed by atoms with Crippen molar-refractivity contribution in [3.05, 3.63) is 0 Å². The highest BCUT2D eigenvalue weighted by atomic mass is 16.5. The van der Waals surface area contributed by atoms with Gasteiger partial charge in [0.25, 0.3) is 0 Å². The first-order chi connectivity index (χ1) is 9.85. The van der Waals surface area contributed by atoms with E-state index in [0.29, 0.717) is 39.3 Å². The maximum Gasteiger partial charge on any atom is 0.237 e. The molecule has 0 bridgehead atoms. The van der Waals surface area contributed by atoms with Crippen LogP contribution in [0.25, 0.3) is 0 Å². The third-order valence-corrected chi connectivity index (χ3v) is 3.89. The number of ether oxygens (including phenoxy) is 1. The molecule has 1 atom stereocenters. The topological polar surface area (TPSA) is 70.7 Å². The van der Waals surface area contributed by atoms with Crippen LogP contribution in [0.15, 0.2) is 0 Å². The Kier molecular flexibility index (Phi) is 7.11. The first kappa shape index (κ1) is 17.9. The normalized spacial score (nSPS) is 17.4. The molecule has 0 spiro atoms. The minimum Gasteiger partial charge on any atom is -0.378 e. The van der Waals surface area contributed by atoms with Crippen LogP contribution in [0, 0.1) is 0 Å². The van der Waals surface area contributed by atoms with E-state index in [1.165, 1.54) is 0 Å².